The number of nitrogens with zero attached hydrogens (tertiary/aromatic N) is 2. The Bertz CT molecular complexity index is 366. The maximum absolute atomic E-state index is 5.73. The van der Waals surface area contributed by atoms with Gasteiger partial charge in [-0.15, -0.1) is 0 Å². The van der Waals surface area contributed by atoms with E-state index in [1.165, 1.54) is 19.3 Å². The maximum atomic E-state index is 5.73. The molecular weight excluding hydrogens is 234 g/mol. The lowest BCUT2D eigenvalue weighted by Gasteiger charge is -2.27. The van der Waals surface area contributed by atoms with Gasteiger partial charge in [0, 0.05) is 24.1 Å². The fourth-order valence-corrected chi connectivity index (χ4v) is 3.44. The maximum Gasteiger partial charge on any atom is 0.189 e. The number of nitrogens with two attached hydrogens (primary N) is 1. The second-order valence-corrected chi connectivity index (χ2v) is 5.75. The van der Waals surface area contributed by atoms with Gasteiger partial charge in [-0.3, -0.25) is 0 Å². The topological polar surface area (TPSA) is 61.0 Å². The Labute approximate surface area is 106 Å². The van der Waals surface area contributed by atoms with E-state index in [1.807, 2.05) is 6.92 Å². The van der Waals surface area contributed by atoms with Crippen molar-refractivity contribution in [3.05, 3.63) is 11.8 Å². The molecule has 1 aliphatic carbocycles. The molecule has 0 aromatic carbocycles. The van der Waals surface area contributed by atoms with Gasteiger partial charge in [0.05, 0.1) is 6.10 Å². The van der Waals surface area contributed by atoms with Crippen molar-refractivity contribution in [2.45, 2.75) is 49.1 Å². The predicted molar refractivity (Wildman–Crippen MR) is 70.1 cm³/mol. The van der Waals surface area contributed by atoms with Crippen molar-refractivity contribution < 1.29 is 4.74 Å². The molecule has 1 aromatic rings. The van der Waals surface area contributed by atoms with Crippen LogP contribution in [0.4, 0.5) is 5.82 Å². The van der Waals surface area contributed by atoms with Crippen LogP contribution >= 0.6 is 11.8 Å². The number of thioether (sulfide) groups is 1. The Balaban J connectivity index is 2.00. The van der Waals surface area contributed by atoms with Crippen molar-refractivity contribution >= 4 is 17.6 Å². The number of hydrogen-bond donors (Lipinski definition) is 1. The second kappa shape index (κ2) is 5.69. The zero-order chi connectivity index (χ0) is 12.3. The molecule has 2 atom stereocenters. The van der Waals surface area contributed by atoms with Crippen LogP contribution in [0.25, 0.3) is 0 Å². The monoisotopic (exact) mass is 253 g/mol. The lowest BCUT2D eigenvalue weighted by atomic mass is 9.97. The number of methoxy groups -OCH3 is 1. The number of nitrogen functional groups attached to an aromatic ring is 1. The predicted octanol–water partition coefficient (Wildman–Crippen LogP) is 2.42. The molecule has 1 aliphatic rings. The Kier molecular flexibility index (Phi) is 4.23. The Morgan fingerprint density at radius 3 is 2.94 bits per heavy atom. The molecular formula is C12H19N3OS. The summed E-state index contributed by atoms with van der Waals surface area (Å²) in [6.07, 6.45) is 5.07. The quantitative estimate of drug-likeness (QED) is 0.838. The first-order chi connectivity index (χ1) is 8.17. The van der Waals surface area contributed by atoms with E-state index in [0.717, 1.165) is 17.3 Å². The standard InChI is InChI=1S/C12H19N3OS/c1-8-6-11(13)15-12(14-8)17-10-5-3-4-9(7-10)16-2/h6,9-10H,3-5,7H2,1-2H3,(H2,13,14,15). The number of ether oxygens (including phenoxy) is 1. The van der Waals surface area contributed by atoms with Gasteiger partial charge in [-0.05, 0) is 32.6 Å². The van der Waals surface area contributed by atoms with Crippen LogP contribution in [0.5, 0.6) is 0 Å². The zero-order valence-electron chi connectivity index (χ0n) is 10.3. The molecule has 0 amide bonds. The molecule has 0 saturated heterocycles. The minimum absolute atomic E-state index is 0.392. The molecule has 0 spiro atoms. The summed E-state index contributed by atoms with van der Waals surface area (Å²) in [5.41, 5.74) is 6.66. The van der Waals surface area contributed by atoms with Crippen molar-refractivity contribution in [2.75, 3.05) is 12.8 Å². The largest absolute Gasteiger partial charge is 0.384 e. The first kappa shape index (κ1) is 12.6. The average Bonchev–Trinajstić information content (AvgIpc) is 2.28. The van der Waals surface area contributed by atoms with Crippen molar-refractivity contribution in [2.24, 2.45) is 0 Å². The highest BCUT2D eigenvalue weighted by atomic mass is 32.2. The molecule has 1 aromatic heterocycles. The number of aryl methyl sites for hydroxylation is 1. The summed E-state index contributed by atoms with van der Waals surface area (Å²) in [6.45, 7) is 1.95. The van der Waals surface area contributed by atoms with Crippen LogP contribution in [-0.2, 0) is 4.74 Å². The smallest absolute Gasteiger partial charge is 0.189 e. The average molecular weight is 253 g/mol. The third-order valence-corrected chi connectivity index (χ3v) is 4.19. The van der Waals surface area contributed by atoms with Crippen LogP contribution in [0.1, 0.15) is 31.4 Å². The Morgan fingerprint density at radius 1 is 1.41 bits per heavy atom. The summed E-state index contributed by atoms with van der Waals surface area (Å²) in [7, 11) is 1.79. The van der Waals surface area contributed by atoms with E-state index >= 15 is 0 Å². The van der Waals surface area contributed by atoms with E-state index in [4.69, 9.17) is 10.5 Å². The number of rotatable bonds is 3. The normalized spacial score (nSPS) is 24.8. The SMILES string of the molecule is COC1CCCC(Sc2nc(C)cc(N)n2)C1. The van der Waals surface area contributed by atoms with Gasteiger partial charge < -0.3 is 10.5 Å². The van der Waals surface area contributed by atoms with Gasteiger partial charge in [-0.1, -0.05) is 11.8 Å². The molecule has 5 heteroatoms. The highest BCUT2D eigenvalue weighted by Crippen LogP contribution is 2.33. The van der Waals surface area contributed by atoms with Crippen LogP contribution < -0.4 is 5.73 Å². The lowest BCUT2D eigenvalue weighted by Crippen LogP contribution is -2.23. The minimum Gasteiger partial charge on any atom is -0.384 e. The van der Waals surface area contributed by atoms with Gasteiger partial charge in [-0.2, -0.15) is 0 Å². The first-order valence-corrected chi connectivity index (χ1v) is 6.86. The van der Waals surface area contributed by atoms with E-state index in [0.29, 0.717) is 17.2 Å². The summed E-state index contributed by atoms with van der Waals surface area (Å²) in [6, 6.07) is 1.79. The molecule has 94 valence electrons. The summed E-state index contributed by atoms with van der Waals surface area (Å²) >= 11 is 1.73. The van der Waals surface area contributed by atoms with Crippen LogP contribution in [0.2, 0.25) is 0 Å². The van der Waals surface area contributed by atoms with Gasteiger partial charge in [0.2, 0.25) is 0 Å². The Hall–Kier alpha value is -0.810. The molecule has 0 aliphatic heterocycles. The summed E-state index contributed by atoms with van der Waals surface area (Å²) in [4.78, 5) is 8.68. The fourth-order valence-electron chi connectivity index (χ4n) is 2.19. The highest BCUT2D eigenvalue weighted by molar-refractivity contribution is 7.99. The van der Waals surface area contributed by atoms with Crippen molar-refractivity contribution in [1.29, 1.82) is 0 Å². The highest BCUT2D eigenvalue weighted by Gasteiger charge is 2.23. The molecule has 2 N–H and O–H groups in total. The number of aromatic nitrogens is 2. The summed E-state index contributed by atoms with van der Waals surface area (Å²) < 4.78 is 5.43. The Morgan fingerprint density at radius 2 is 2.24 bits per heavy atom. The molecule has 4 nitrogen and oxygen atoms in total. The summed E-state index contributed by atoms with van der Waals surface area (Å²) in [5.74, 6) is 0.555. The van der Waals surface area contributed by atoms with Gasteiger partial charge in [0.15, 0.2) is 5.16 Å². The van der Waals surface area contributed by atoms with Crippen molar-refractivity contribution in [3.63, 3.8) is 0 Å². The van der Waals surface area contributed by atoms with Gasteiger partial charge in [0.25, 0.3) is 0 Å². The van der Waals surface area contributed by atoms with Crippen molar-refractivity contribution in [1.82, 2.24) is 9.97 Å². The van der Waals surface area contributed by atoms with Crippen LogP contribution in [-0.4, -0.2) is 28.4 Å². The molecule has 0 bridgehead atoms. The lowest BCUT2D eigenvalue weighted by molar-refractivity contribution is 0.0730. The molecule has 2 unspecified atom stereocenters. The summed E-state index contributed by atoms with van der Waals surface area (Å²) in [5, 5.41) is 1.35. The van der Waals surface area contributed by atoms with Gasteiger partial charge >= 0.3 is 0 Å². The van der Waals surface area contributed by atoms with E-state index in [1.54, 1.807) is 24.9 Å². The number of hydrogen-bond acceptors (Lipinski definition) is 5. The molecule has 1 heterocycles. The number of anilines is 1. The third-order valence-electron chi connectivity index (χ3n) is 3.04. The van der Waals surface area contributed by atoms with Crippen LogP contribution in [0.3, 0.4) is 0 Å². The molecule has 0 radical (unpaired) electrons. The molecule has 17 heavy (non-hydrogen) atoms. The fraction of sp³-hybridized carbons (Fsp3) is 0.667. The molecule has 1 saturated carbocycles. The molecule has 2 rings (SSSR count). The van der Waals surface area contributed by atoms with E-state index < -0.39 is 0 Å². The minimum atomic E-state index is 0.392. The third kappa shape index (κ3) is 3.57. The molecule has 1 fully saturated rings. The van der Waals surface area contributed by atoms with Gasteiger partial charge in [0.1, 0.15) is 5.82 Å². The van der Waals surface area contributed by atoms with Crippen molar-refractivity contribution in [3.8, 4) is 0 Å². The van der Waals surface area contributed by atoms with Crippen LogP contribution in [0, 0.1) is 6.92 Å². The second-order valence-electron chi connectivity index (χ2n) is 4.48. The van der Waals surface area contributed by atoms with E-state index in [2.05, 4.69) is 9.97 Å². The van der Waals surface area contributed by atoms with Crippen LogP contribution in [0.15, 0.2) is 11.2 Å². The van der Waals surface area contributed by atoms with Gasteiger partial charge in [-0.25, -0.2) is 9.97 Å². The first-order valence-electron chi connectivity index (χ1n) is 5.98. The van der Waals surface area contributed by atoms with E-state index in [9.17, 15) is 0 Å². The zero-order valence-corrected chi connectivity index (χ0v) is 11.2. The van der Waals surface area contributed by atoms with E-state index in [-0.39, 0.29) is 0 Å².